The molecule has 0 aliphatic rings. The molecule has 0 saturated heterocycles. The molecule has 0 radical (unpaired) electrons. The number of aliphatic carboxylic acids is 2. The van der Waals surface area contributed by atoms with Gasteiger partial charge in [0.1, 0.15) is 6.04 Å². The average molecular weight is 219 g/mol. The van der Waals surface area contributed by atoms with Gasteiger partial charge in [0.2, 0.25) is 0 Å². The Morgan fingerprint density at radius 2 is 1.87 bits per heavy atom. The van der Waals surface area contributed by atoms with Gasteiger partial charge in [-0.1, -0.05) is 6.92 Å². The van der Waals surface area contributed by atoms with Gasteiger partial charge in [0.05, 0.1) is 13.0 Å². The van der Waals surface area contributed by atoms with Crippen LogP contribution in [-0.4, -0.2) is 57.9 Å². The number of aliphatic hydroxyl groups excluding tert-OH is 1. The van der Waals surface area contributed by atoms with Gasteiger partial charge in [0.15, 0.2) is 0 Å². The van der Waals surface area contributed by atoms with E-state index in [0.717, 1.165) is 0 Å². The summed E-state index contributed by atoms with van der Waals surface area (Å²) in [5.41, 5.74) is 0. The van der Waals surface area contributed by atoms with Crippen LogP contribution >= 0.6 is 0 Å². The molecule has 0 aromatic rings. The predicted molar refractivity (Wildman–Crippen MR) is 52.6 cm³/mol. The lowest BCUT2D eigenvalue weighted by atomic mass is 10.2. The summed E-state index contributed by atoms with van der Waals surface area (Å²) in [6.45, 7) is 1.85. The average Bonchev–Trinajstić information content (AvgIpc) is 2.14. The fourth-order valence-corrected chi connectivity index (χ4v) is 1.38. The Morgan fingerprint density at radius 1 is 1.27 bits per heavy atom. The molecule has 0 fully saturated rings. The fourth-order valence-electron chi connectivity index (χ4n) is 1.38. The zero-order valence-corrected chi connectivity index (χ0v) is 8.72. The summed E-state index contributed by atoms with van der Waals surface area (Å²) in [6, 6.07) is -0.725. The zero-order valence-electron chi connectivity index (χ0n) is 8.72. The number of aliphatic hydroxyl groups is 1. The Labute approximate surface area is 88.1 Å². The Morgan fingerprint density at radius 3 is 2.20 bits per heavy atom. The number of hydrogen-bond acceptors (Lipinski definition) is 4. The third kappa shape index (κ3) is 5.34. The van der Waals surface area contributed by atoms with Crippen molar-refractivity contribution in [3.8, 4) is 0 Å². The topological polar surface area (TPSA) is 98.1 Å². The largest absolute Gasteiger partial charge is 0.481 e. The second-order valence-corrected chi connectivity index (χ2v) is 3.17. The van der Waals surface area contributed by atoms with Gasteiger partial charge in [-0.15, -0.1) is 0 Å². The van der Waals surface area contributed by atoms with E-state index >= 15 is 0 Å². The summed E-state index contributed by atoms with van der Waals surface area (Å²) in [4.78, 5) is 22.6. The van der Waals surface area contributed by atoms with Crippen molar-refractivity contribution in [3.05, 3.63) is 0 Å². The molecule has 1 atom stereocenters. The van der Waals surface area contributed by atoms with Gasteiger partial charge in [-0.25, -0.2) is 0 Å². The molecule has 1 unspecified atom stereocenters. The van der Waals surface area contributed by atoms with Crippen LogP contribution < -0.4 is 0 Å². The number of rotatable bonds is 8. The summed E-state index contributed by atoms with van der Waals surface area (Å²) >= 11 is 0. The van der Waals surface area contributed by atoms with Gasteiger partial charge in [-0.2, -0.15) is 0 Å². The number of hydrogen-bond donors (Lipinski definition) is 3. The second kappa shape index (κ2) is 7.19. The van der Waals surface area contributed by atoms with E-state index in [0.29, 0.717) is 6.42 Å². The van der Waals surface area contributed by atoms with Crippen molar-refractivity contribution in [1.82, 2.24) is 4.90 Å². The smallest absolute Gasteiger partial charge is 0.320 e. The monoisotopic (exact) mass is 219 g/mol. The fraction of sp³-hybridized carbons (Fsp3) is 0.778. The summed E-state index contributed by atoms with van der Waals surface area (Å²) < 4.78 is 0. The minimum absolute atomic E-state index is 0.121. The molecule has 3 N–H and O–H groups in total. The maximum atomic E-state index is 10.8. The van der Waals surface area contributed by atoms with Crippen molar-refractivity contribution < 1.29 is 24.9 Å². The highest BCUT2D eigenvalue weighted by Crippen LogP contribution is 2.05. The van der Waals surface area contributed by atoms with E-state index in [1.54, 1.807) is 6.92 Å². The number of carboxylic acids is 2. The molecular formula is C9H17NO5. The van der Waals surface area contributed by atoms with Gasteiger partial charge in [0, 0.05) is 13.1 Å². The molecule has 0 spiro atoms. The molecule has 0 aromatic carbocycles. The highest BCUT2D eigenvalue weighted by Gasteiger charge is 2.23. The molecule has 6 heteroatoms. The van der Waals surface area contributed by atoms with Crippen molar-refractivity contribution in [2.45, 2.75) is 25.8 Å². The first-order valence-corrected chi connectivity index (χ1v) is 4.82. The van der Waals surface area contributed by atoms with E-state index in [-0.39, 0.29) is 26.1 Å². The highest BCUT2D eigenvalue weighted by molar-refractivity contribution is 5.73. The van der Waals surface area contributed by atoms with Crippen LogP contribution in [0.25, 0.3) is 0 Å². The van der Waals surface area contributed by atoms with Gasteiger partial charge in [-0.05, 0) is 6.42 Å². The van der Waals surface area contributed by atoms with E-state index in [2.05, 4.69) is 0 Å². The summed E-state index contributed by atoms with van der Waals surface area (Å²) in [5.74, 6) is -1.96. The van der Waals surface area contributed by atoms with E-state index in [1.807, 2.05) is 0 Å². The highest BCUT2D eigenvalue weighted by atomic mass is 16.4. The minimum atomic E-state index is -0.990. The van der Waals surface area contributed by atoms with Crippen LogP contribution in [-0.2, 0) is 9.59 Å². The quantitative estimate of drug-likeness (QED) is 0.514. The minimum Gasteiger partial charge on any atom is -0.481 e. The molecule has 0 bridgehead atoms. The van der Waals surface area contributed by atoms with Gasteiger partial charge in [-0.3, -0.25) is 14.5 Å². The van der Waals surface area contributed by atoms with Gasteiger partial charge >= 0.3 is 11.9 Å². The van der Waals surface area contributed by atoms with E-state index in [4.69, 9.17) is 15.3 Å². The lowest BCUT2D eigenvalue weighted by molar-refractivity contribution is -0.145. The van der Waals surface area contributed by atoms with Crippen LogP contribution in [0, 0.1) is 0 Å². The normalized spacial score (nSPS) is 12.7. The van der Waals surface area contributed by atoms with Crippen LogP contribution in [0.3, 0.4) is 0 Å². The number of carbonyl (C=O) groups is 2. The van der Waals surface area contributed by atoms with Crippen molar-refractivity contribution in [2.75, 3.05) is 19.7 Å². The summed E-state index contributed by atoms with van der Waals surface area (Å²) in [5, 5.41) is 26.1. The third-order valence-corrected chi connectivity index (χ3v) is 2.11. The maximum Gasteiger partial charge on any atom is 0.320 e. The molecular weight excluding hydrogens is 202 g/mol. The Kier molecular flexibility index (Phi) is 6.64. The Bertz CT molecular complexity index is 219. The third-order valence-electron chi connectivity index (χ3n) is 2.11. The Balaban J connectivity index is 4.33. The molecule has 15 heavy (non-hydrogen) atoms. The number of carboxylic acid groups (broad SMARTS) is 2. The second-order valence-electron chi connectivity index (χ2n) is 3.17. The first-order chi connectivity index (χ1) is 7.02. The maximum absolute atomic E-state index is 10.8. The standard InChI is InChI=1S/C9H17NO5/c1-2-7(9(14)15)10(5-6-11)4-3-8(12)13/h7,11H,2-6H2,1H3,(H,12,13)(H,14,15). The molecule has 88 valence electrons. The van der Waals surface area contributed by atoms with Crippen LogP contribution in [0.4, 0.5) is 0 Å². The predicted octanol–water partition coefficient (Wildman–Crippen LogP) is -0.381. The van der Waals surface area contributed by atoms with E-state index in [1.165, 1.54) is 4.90 Å². The molecule has 0 heterocycles. The zero-order chi connectivity index (χ0) is 11.8. The number of nitrogens with zero attached hydrogens (tertiary/aromatic N) is 1. The Hall–Kier alpha value is -1.14. The van der Waals surface area contributed by atoms with Gasteiger partial charge in [0.25, 0.3) is 0 Å². The lowest BCUT2D eigenvalue weighted by Crippen LogP contribution is -2.43. The molecule has 0 aromatic heterocycles. The first kappa shape index (κ1) is 13.9. The van der Waals surface area contributed by atoms with Crippen molar-refractivity contribution >= 4 is 11.9 Å². The van der Waals surface area contributed by atoms with E-state index in [9.17, 15) is 9.59 Å². The molecule has 6 nitrogen and oxygen atoms in total. The van der Waals surface area contributed by atoms with Crippen LogP contribution in [0.2, 0.25) is 0 Å². The van der Waals surface area contributed by atoms with E-state index < -0.39 is 18.0 Å². The molecule has 0 aliphatic heterocycles. The molecule has 0 rings (SSSR count). The van der Waals surface area contributed by atoms with Crippen LogP contribution in [0.1, 0.15) is 19.8 Å². The molecule has 0 amide bonds. The summed E-state index contributed by atoms with van der Waals surface area (Å²) in [6.07, 6.45) is 0.263. The SMILES string of the molecule is CCC(C(=O)O)N(CCO)CCC(=O)O. The van der Waals surface area contributed by atoms with Crippen molar-refractivity contribution in [3.63, 3.8) is 0 Å². The molecule has 0 saturated carbocycles. The summed E-state index contributed by atoms with van der Waals surface area (Å²) in [7, 11) is 0. The van der Waals surface area contributed by atoms with Crippen molar-refractivity contribution in [2.24, 2.45) is 0 Å². The lowest BCUT2D eigenvalue weighted by Gasteiger charge is -2.26. The first-order valence-electron chi connectivity index (χ1n) is 4.82. The molecule has 0 aliphatic carbocycles. The van der Waals surface area contributed by atoms with Crippen LogP contribution in [0.15, 0.2) is 0 Å². The van der Waals surface area contributed by atoms with Crippen molar-refractivity contribution in [1.29, 1.82) is 0 Å². The van der Waals surface area contributed by atoms with Gasteiger partial charge < -0.3 is 15.3 Å². The van der Waals surface area contributed by atoms with Crippen LogP contribution in [0.5, 0.6) is 0 Å².